The van der Waals surface area contributed by atoms with E-state index < -0.39 is 38.3 Å². The summed E-state index contributed by atoms with van der Waals surface area (Å²) in [6, 6.07) is 29.3. The van der Waals surface area contributed by atoms with E-state index in [9.17, 15) is 27.0 Å². The van der Waals surface area contributed by atoms with E-state index in [-0.39, 0.29) is 40.6 Å². The monoisotopic (exact) mass is 950 g/mol. The van der Waals surface area contributed by atoms with Crippen molar-refractivity contribution in [3.63, 3.8) is 0 Å². The van der Waals surface area contributed by atoms with Crippen LogP contribution in [0.1, 0.15) is 58.6 Å². The first-order valence-corrected chi connectivity index (χ1v) is 26.7. The lowest BCUT2D eigenvalue weighted by atomic mass is 9.96. The molecule has 1 aliphatic carbocycles. The van der Waals surface area contributed by atoms with Gasteiger partial charge in [0.15, 0.2) is 10.7 Å². The third kappa shape index (κ3) is 13.3. The molecule has 7 rings (SSSR count). The van der Waals surface area contributed by atoms with Crippen LogP contribution in [0.25, 0.3) is 21.3 Å². The number of thioether (sulfide) groups is 1. The molecule has 13 nitrogen and oxygen atoms in total. The molecule has 0 radical (unpaired) electrons. The average molecular weight is 951 g/mol. The van der Waals surface area contributed by atoms with Gasteiger partial charge < -0.3 is 25.7 Å². The summed E-state index contributed by atoms with van der Waals surface area (Å²) in [5, 5.41) is 26.3. The van der Waals surface area contributed by atoms with Crippen LogP contribution < -0.4 is 11.1 Å². The summed E-state index contributed by atoms with van der Waals surface area (Å²) < 4.78 is 63.2. The molecule has 346 valence electrons. The fourth-order valence-corrected chi connectivity index (χ4v) is 11.9. The molecule has 1 aliphatic rings. The van der Waals surface area contributed by atoms with Crippen LogP contribution in [0.4, 0.5) is 5.13 Å². The Labute approximate surface area is 386 Å². The number of aromatic nitrogens is 2. The molecule has 2 aromatic heterocycles. The summed E-state index contributed by atoms with van der Waals surface area (Å²) >= 11 is 2.83. The Kier molecular flexibility index (Phi) is 17.1. The van der Waals surface area contributed by atoms with Crippen molar-refractivity contribution in [3.8, 4) is 0 Å². The molecule has 4 aromatic carbocycles. The Bertz CT molecular complexity index is 2640. The Morgan fingerprint density at radius 3 is 1.81 bits per heavy atom. The van der Waals surface area contributed by atoms with Crippen molar-refractivity contribution in [3.05, 3.63) is 108 Å². The van der Waals surface area contributed by atoms with E-state index in [0.29, 0.717) is 48.3 Å². The largest absolute Gasteiger partial charge is 0.431 e. The lowest BCUT2D eigenvalue weighted by molar-refractivity contribution is 0.0919. The molecule has 0 unspecified atom stereocenters. The number of nitrogens with one attached hydrogen (secondary N) is 1. The average Bonchev–Trinajstić information content (AvgIpc) is 3.82. The summed E-state index contributed by atoms with van der Waals surface area (Å²) in [6.45, 7) is 10.4. The molecule has 6 aromatic rings. The highest BCUT2D eigenvalue weighted by atomic mass is 32.2. The lowest BCUT2D eigenvalue weighted by Gasteiger charge is -2.28. The van der Waals surface area contributed by atoms with Gasteiger partial charge in [-0.1, -0.05) is 118 Å². The van der Waals surface area contributed by atoms with Gasteiger partial charge in [-0.25, -0.2) is 26.8 Å². The van der Waals surface area contributed by atoms with E-state index in [0.717, 1.165) is 39.3 Å². The highest BCUT2D eigenvalue weighted by Gasteiger charge is 2.32. The number of nitrogens with two attached hydrogens (primary N) is 1. The van der Waals surface area contributed by atoms with Crippen molar-refractivity contribution in [1.82, 2.24) is 18.6 Å². The molecule has 5 N–H and O–H groups in total. The van der Waals surface area contributed by atoms with Crippen LogP contribution in [-0.2, 0) is 32.9 Å². The van der Waals surface area contributed by atoms with Crippen LogP contribution >= 0.6 is 23.1 Å². The van der Waals surface area contributed by atoms with E-state index in [2.05, 4.69) is 15.3 Å². The minimum Gasteiger partial charge on any atom is -0.431 e. The number of oxazole rings is 1. The number of hydrogen-bond donors (Lipinski definition) is 4. The molecule has 1 saturated carbocycles. The van der Waals surface area contributed by atoms with Gasteiger partial charge in [0.05, 0.1) is 32.2 Å². The van der Waals surface area contributed by atoms with Gasteiger partial charge >= 0.3 is 0 Å². The number of rotatable bonds is 21. The van der Waals surface area contributed by atoms with Crippen molar-refractivity contribution in [2.75, 3.05) is 37.8 Å². The van der Waals surface area contributed by atoms with Crippen molar-refractivity contribution < 1.29 is 31.5 Å². The first-order chi connectivity index (χ1) is 30.4. The Balaban J connectivity index is 0.000000213. The number of nitrogens with zero attached hydrogens (tertiary/aromatic N) is 4. The van der Waals surface area contributed by atoms with E-state index in [1.54, 1.807) is 30.3 Å². The molecular weight excluding hydrogens is 889 g/mol. The fraction of sp³-hybridized carbons (Fsp3) is 0.447. The van der Waals surface area contributed by atoms with Gasteiger partial charge in [0.2, 0.25) is 20.0 Å². The predicted octanol–water partition coefficient (Wildman–Crippen LogP) is 7.88. The van der Waals surface area contributed by atoms with E-state index in [1.807, 2.05) is 102 Å². The van der Waals surface area contributed by atoms with Crippen molar-refractivity contribution in [2.24, 2.45) is 23.5 Å². The summed E-state index contributed by atoms with van der Waals surface area (Å²) in [4.78, 5) is 9.23. The molecule has 0 saturated heterocycles. The van der Waals surface area contributed by atoms with E-state index in [1.165, 1.54) is 37.8 Å². The first-order valence-electron chi connectivity index (χ1n) is 21.7. The van der Waals surface area contributed by atoms with Gasteiger partial charge in [0, 0.05) is 44.3 Å². The Hall–Kier alpha value is -3.91. The van der Waals surface area contributed by atoms with Crippen LogP contribution in [0.3, 0.4) is 0 Å². The molecule has 2 heterocycles. The van der Waals surface area contributed by atoms with Crippen LogP contribution in [0.2, 0.25) is 0 Å². The second-order valence-electron chi connectivity index (χ2n) is 17.5. The van der Waals surface area contributed by atoms with Gasteiger partial charge in [0.25, 0.3) is 5.22 Å². The Morgan fingerprint density at radius 1 is 0.734 bits per heavy atom. The number of sulfonamides is 2. The lowest BCUT2D eigenvalue weighted by Crippen LogP contribution is -2.47. The molecule has 1 fully saturated rings. The summed E-state index contributed by atoms with van der Waals surface area (Å²) in [7, 11) is -7.62. The Morgan fingerprint density at radius 2 is 1.27 bits per heavy atom. The van der Waals surface area contributed by atoms with Crippen molar-refractivity contribution >= 4 is 69.6 Å². The van der Waals surface area contributed by atoms with Gasteiger partial charge in [-0.2, -0.15) is 8.61 Å². The maximum Gasteiger partial charge on any atom is 0.256 e. The predicted molar refractivity (Wildman–Crippen MR) is 259 cm³/mol. The molecule has 4 atom stereocenters. The number of benzene rings is 4. The molecule has 0 amide bonds. The molecule has 17 heteroatoms. The second kappa shape index (κ2) is 22.1. The number of aliphatic hydroxyl groups is 2. The van der Waals surface area contributed by atoms with E-state index >= 15 is 0 Å². The number of hydrogen-bond acceptors (Lipinski definition) is 13. The van der Waals surface area contributed by atoms with Crippen molar-refractivity contribution in [1.29, 1.82) is 0 Å². The van der Waals surface area contributed by atoms with Gasteiger partial charge in [-0.05, 0) is 91.2 Å². The van der Waals surface area contributed by atoms with Crippen LogP contribution in [-0.4, -0.2) is 102 Å². The molecule has 64 heavy (non-hydrogen) atoms. The highest BCUT2D eigenvalue weighted by molar-refractivity contribution is 7.98. The highest BCUT2D eigenvalue weighted by Crippen LogP contribution is 2.33. The van der Waals surface area contributed by atoms with Gasteiger partial charge in [0.1, 0.15) is 5.52 Å². The van der Waals surface area contributed by atoms with Gasteiger partial charge in [-0.15, -0.1) is 0 Å². The molecule has 0 aliphatic heterocycles. The zero-order chi connectivity index (χ0) is 46.2. The normalized spacial score (nSPS) is 15.5. The maximum atomic E-state index is 13.6. The number of thiazole rings is 1. The topological polar surface area (TPSA) is 192 Å². The van der Waals surface area contributed by atoms with E-state index in [4.69, 9.17) is 10.2 Å². The summed E-state index contributed by atoms with van der Waals surface area (Å²) in [6.07, 6.45) is 3.53. The molecule has 0 bridgehead atoms. The zero-order valence-corrected chi connectivity index (χ0v) is 40.6. The van der Waals surface area contributed by atoms with Gasteiger partial charge in [-0.3, -0.25) is 0 Å². The second-order valence-corrected chi connectivity index (χ2v) is 23.1. The van der Waals surface area contributed by atoms with Crippen molar-refractivity contribution in [2.45, 2.75) is 99.6 Å². The minimum atomic E-state index is -3.81. The zero-order valence-electron chi connectivity index (χ0n) is 37.4. The fourth-order valence-electron chi connectivity index (χ4n) is 7.19. The number of aliphatic hydroxyl groups excluding tert-OH is 2. The first kappa shape index (κ1) is 49.5. The van der Waals surface area contributed by atoms with Crippen LogP contribution in [0, 0.1) is 17.8 Å². The SMILES string of the molecule is CC(C)CN(C[C@@H](O)[C@@H](N)Cc1ccccc1)S(=O)(=O)c1ccc2nc(NC3CC3)sc2c1.CSc1nc2ccc(S(=O)(=O)N(CC(C)C)C[C@@H](O)[C@@H](C)Cc3ccccc3)cc2o1. The smallest absolute Gasteiger partial charge is 0.256 e. The quantitative estimate of drug-likeness (QED) is 0.0511. The number of anilines is 1. The third-order valence-electron chi connectivity index (χ3n) is 10.8. The molecule has 0 spiro atoms. The minimum absolute atomic E-state index is 0.0407. The molecular formula is C47H62N6O7S4. The van der Waals surface area contributed by atoms with Crippen LogP contribution in [0.5, 0.6) is 0 Å². The standard InChI is InChI=1S/C24H32N4O3S2.C23H30N2O4S2/c1-16(2)14-28(15-22(29)20(25)12-17-6-4-3-5-7-17)33(30,31)19-10-11-21-23(13-19)32-24(27-21)26-18-8-9-18;1-16(2)14-25(15-21(26)17(3)12-18-8-6-5-7-9-18)31(27,28)19-10-11-20-22(13-19)29-23(24-20)30-4/h3-7,10-11,13,16,18,20,22,29H,8-9,12,14-15,25H2,1-2H3,(H,26,27);5-11,13,16-17,21,26H,12,14-15H2,1-4H3/t20-,22+;17-,21+/m00/s1. The third-order valence-corrected chi connectivity index (χ3v) is 16.0. The number of fused-ring (bicyclic) bond motifs is 2. The summed E-state index contributed by atoms with van der Waals surface area (Å²) in [5.74, 6) is 0.121. The summed E-state index contributed by atoms with van der Waals surface area (Å²) in [5.41, 5.74) is 10.2. The maximum absolute atomic E-state index is 13.6. The van der Waals surface area contributed by atoms with Crippen LogP contribution in [0.15, 0.2) is 116 Å².